The lowest BCUT2D eigenvalue weighted by Gasteiger charge is -2.11. The van der Waals surface area contributed by atoms with Crippen molar-refractivity contribution >= 4 is 32.9 Å². The molecule has 1 aliphatic rings. The van der Waals surface area contributed by atoms with Gasteiger partial charge >= 0.3 is 0 Å². The Bertz CT molecular complexity index is 726. The normalized spacial score (nSPS) is 13.7. The quantitative estimate of drug-likeness (QED) is 0.615. The molecular formula is C13H9BrN2S. The number of hydrogen-bond acceptors (Lipinski definition) is 2. The number of halogens is 1. The fraction of sp³-hybridized carbons (Fsp3) is 0.154. The molecule has 17 heavy (non-hydrogen) atoms. The van der Waals surface area contributed by atoms with Crippen LogP contribution in [0.1, 0.15) is 10.6 Å². The smallest absolute Gasteiger partial charge is 0.137 e. The summed E-state index contributed by atoms with van der Waals surface area (Å²) in [5.41, 5.74) is 4.88. The van der Waals surface area contributed by atoms with Crippen LogP contribution in [0.25, 0.3) is 16.9 Å². The average molecular weight is 305 g/mol. The van der Waals surface area contributed by atoms with E-state index < -0.39 is 0 Å². The monoisotopic (exact) mass is 304 g/mol. The van der Waals surface area contributed by atoms with E-state index >= 15 is 0 Å². The van der Waals surface area contributed by atoms with Gasteiger partial charge < -0.3 is 4.40 Å². The van der Waals surface area contributed by atoms with Crippen molar-refractivity contribution in [2.75, 3.05) is 0 Å². The van der Waals surface area contributed by atoms with Crippen molar-refractivity contribution in [3.63, 3.8) is 0 Å². The molecule has 4 heteroatoms. The molecule has 3 heterocycles. The summed E-state index contributed by atoms with van der Waals surface area (Å²) in [6.07, 6.45) is 4.33. The number of thiophene rings is 1. The second-order valence-corrected chi connectivity index (χ2v) is 6.16. The number of nitrogens with zero attached hydrogens (tertiary/aromatic N) is 2. The van der Waals surface area contributed by atoms with Crippen LogP contribution >= 0.6 is 27.3 Å². The molecule has 3 aromatic rings. The molecule has 0 amide bonds. The number of aromatic nitrogens is 2. The molecule has 0 radical (unpaired) electrons. The molecule has 2 nitrogen and oxygen atoms in total. The molecule has 84 valence electrons. The average Bonchev–Trinajstić information content (AvgIpc) is 2.91. The van der Waals surface area contributed by atoms with Gasteiger partial charge in [0.2, 0.25) is 0 Å². The minimum absolute atomic E-state index is 1.04. The van der Waals surface area contributed by atoms with E-state index in [2.05, 4.69) is 44.0 Å². The summed E-state index contributed by atoms with van der Waals surface area (Å²) in [5, 5.41) is 2.17. The Morgan fingerprint density at radius 1 is 1.24 bits per heavy atom. The summed E-state index contributed by atoms with van der Waals surface area (Å²) < 4.78 is 3.31. The Morgan fingerprint density at radius 3 is 3.12 bits per heavy atom. The first-order chi connectivity index (χ1) is 8.33. The van der Waals surface area contributed by atoms with E-state index in [1.54, 1.807) is 0 Å². The zero-order valence-corrected chi connectivity index (χ0v) is 11.4. The van der Waals surface area contributed by atoms with Gasteiger partial charge in [-0.25, -0.2) is 4.98 Å². The second kappa shape index (κ2) is 3.43. The van der Waals surface area contributed by atoms with Crippen LogP contribution in [0.4, 0.5) is 0 Å². The van der Waals surface area contributed by atoms with Crippen molar-refractivity contribution in [2.24, 2.45) is 0 Å². The van der Waals surface area contributed by atoms with Crippen molar-refractivity contribution in [3.05, 3.63) is 44.8 Å². The molecule has 4 rings (SSSR count). The Morgan fingerprint density at radius 2 is 2.18 bits per heavy atom. The molecule has 0 saturated carbocycles. The SMILES string of the molecule is Brc1ccc2nc3c(n2c1)CCc1sccc1-3. The molecule has 1 aliphatic carbocycles. The van der Waals surface area contributed by atoms with E-state index in [9.17, 15) is 0 Å². The van der Waals surface area contributed by atoms with Crippen LogP contribution in [-0.2, 0) is 12.8 Å². The van der Waals surface area contributed by atoms with Gasteiger partial charge in [0.15, 0.2) is 0 Å². The number of rotatable bonds is 0. The van der Waals surface area contributed by atoms with Gasteiger partial charge in [0.1, 0.15) is 5.65 Å². The third-order valence-corrected chi connectivity index (χ3v) is 4.72. The fourth-order valence-corrected chi connectivity index (χ4v) is 3.72. The Labute approximate surface area is 111 Å². The highest BCUT2D eigenvalue weighted by Gasteiger charge is 2.22. The lowest BCUT2D eigenvalue weighted by molar-refractivity contribution is 0.894. The first kappa shape index (κ1) is 9.85. The number of pyridine rings is 1. The van der Waals surface area contributed by atoms with Crippen molar-refractivity contribution < 1.29 is 0 Å². The fourth-order valence-electron chi connectivity index (χ4n) is 2.50. The van der Waals surface area contributed by atoms with Crippen LogP contribution in [0.15, 0.2) is 34.2 Å². The van der Waals surface area contributed by atoms with Gasteiger partial charge in [-0.1, -0.05) is 0 Å². The summed E-state index contributed by atoms with van der Waals surface area (Å²) in [6.45, 7) is 0. The van der Waals surface area contributed by atoms with Crippen molar-refractivity contribution in [1.82, 2.24) is 9.38 Å². The highest BCUT2D eigenvalue weighted by Crippen LogP contribution is 2.36. The minimum Gasteiger partial charge on any atom is -0.302 e. The lowest BCUT2D eigenvalue weighted by atomic mass is 10.0. The van der Waals surface area contributed by atoms with Crippen molar-refractivity contribution in [1.29, 1.82) is 0 Å². The summed E-state index contributed by atoms with van der Waals surface area (Å²) in [5.74, 6) is 0. The summed E-state index contributed by atoms with van der Waals surface area (Å²) in [4.78, 5) is 6.23. The molecule has 0 atom stereocenters. The second-order valence-electron chi connectivity index (χ2n) is 4.24. The van der Waals surface area contributed by atoms with Crippen molar-refractivity contribution in [3.8, 4) is 11.3 Å². The number of hydrogen-bond donors (Lipinski definition) is 0. The first-order valence-corrected chi connectivity index (χ1v) is 7.23. The van der Waals surface area contributed by atoms with Crippen LogP contribution < -0.4 is 0 Å². The van der Waals surface area contributed by atoms with Crippen molar-refractivity contribution in [2.45, 2.75) is 12.8 Å². The maximum absolute atomic E-state index is 4.76. The van der Waals surface area contributed by atoms with Crippen LogP contribution in [0.2, 0.25) is 0 Å². The zero-order chi connectivity index (χ0) is 11.4. The Hall–Kier alpha value is -1.13. The third kappa shape index (κ3) is 1.34. The van der Waals surface area contributed by atoms with E-state index in [4.69, 9.17) is 4.98 Å². The van der Waals surface area contributed by atoms with Crippen LogP contribution in [0.5, 0.6) is 0 Å². The molecule has 0 saturated heterocycles. The van der Waals surface area contributed by atoms with Gasteiger partial charge in [-0.2, -0.15) is 0 Å². The molecule has 0 unspecified atom stereocenters. The maximum Gasteiger partial charge on any atom is 0.137 e. The number of aryl methyl sites for hydroxylation is 2. The summed E-state index contributed by atoms with van der Waals surface area (Å²) in [7, 11) is 0. The van der Waals surface area contributed by atoms with Crippen LogP contribution in [0, 0.1) is 0 Å². The van der Waals surface area contributed by atoms with Crippen LogP contribution in [0.3, 0.4) is 0 Å². The molecule has 0 bridgehead atoms. The maximum atomic E-state index is 4.76. The van der Waals surface area contributed by atoms with Gasteiger partial charge in [-0.15, -0.1) is 11.3 Å². The highest BCUT2D eigenvalue weighted by atomic mass is 79.9. The standard InChI is InChI=1S/C13H9BrN2S/c14-8-1-4-12-15-13-9-5-6-17-11(9)3-2-10(13)16(12)7-8/h1,4-7H,2-3H2. The van der Waals surface area contributed by atoms with E-state index in [0.29, 0.717) is 0 Å². The zero-order valence-electron chi connectivity index (χ0n) is 8.98. The van der Waals surface area contributed by atoms with Gasteiger partial charge in [0, 0.05) is 21.1 Å². The summed E-state index contributed by atoms with van der Waals surface area (Å²) in [6, 6.07) is 6.30. The van der Waals surface area contributed by atoms with E-state index in [1.807, 2.05) is 17.4 Å². The predicted molar refractivity (Wildman–Crippen MR) is 73.6 cm³/mol. The summed E-state index contributed by atoms with van der Waals surface area (Å²) >= 11 is 5.37. The molecule has 0 aliphatic heterocycles. The third-order valence-electron chi connectivity index (χ3n) is 3.27. The van der Waals surface area contributed by atoms with E-state index in [1.165, 1.54) is 21.8 Å². The predicted octanol–water partition coefficient (Wildman–Crippen LogP) is 3.92. The van der Waals surface area contributed by atoms with E-state index in [-0.39, 0.29) is 0 Å². The lowest BCUT2D eigenvalue weighted by Crippen LogP contribution is -2.02. The molecule has 0 aromatic carbocycles. The Kier molecular flexibility index (Phi) is 1.99. The molecule has 0 fully saturated rings. The van der Waals surface area contributed by atoms with Gasteiger partial charge in [-0.3, -0.25) is 0 Å². The largest absolute Gasteiger partial charge is 0.302 e. The molecule has 0 N–H and O–H groups in total. The molecule has 3 aromatic heterocycles. The van der Waals surface area contributed by atoms with Gasteiger partial charge in [0.05, 0.1) is 11.4 Å². The minimum atomic E-state index is 1.04. The van der Waals surface area contributed by atoms with Crippen LogP contribution in [-0.4, -0.2) is 9.38 Å². The topological polar surface area (TPSA) is 17.3 Å². The van der Waals surface area contributed by atoms with E-state index in [0.717, 1.165) is 23.0 Å². The Balaban J connectivity index is 2.10. The number of fused-ring (bicyclic) bond motifs is 5. The number of imidazole rings is 1. The first-order valence-electron chi connectivity index (χ1n) is 5.56. The van der Waals surface area contributed by atoms with Gasteiger partial charge in [0.25, 0.3) is 0 Å². The highest BCUT2D eigenvalue weighted by molar-refractivity contribution is 9.10. The molecular weight excluding hydrogens is 296 g/mol. The van der Waals surface area contributed by atoms with Gasteiger partial charge in [-0.05, 0) is 52.4 Å². The molecule has 0 spiro atoms.